The summed E-state index contributed by atoms with van der Waals surface area (Å²) in [5.74, 6) is -1.50. The first kappa shape index (κ1) is 23.9. The molecule has 0 saturated carbocycles. The SMILES string of the molecule is C[C@H](O)C(=O)Nc1ccc(CN2C(=O)[C@@](O)([C@@H](C)/C=C/CCO)c3cc(Cl)ccc32)cc1. The molecule has 32 heavy (non-hydrogen) atoms. The molecule has 1 heterocycles. The van der Waals surface area contributed by atoms with Gasteiger partial charge in [-0.3, -0.25) is 9.59 Å². The molecule has 0 aromatic heterocycles. The number of halogens is 1. The summed E-state index contributed by atoms with van der Waals surface area (Å²) in [6.07, 6.45) is 2.77. The molecule has 170 valence electrons. The van der Waals surface area contributed by atoms with Crippen LogP contribution in [0.15, 0.2) is 54.6 Å². The van der Waals surface area contributed by atoms with Gasteiger partial charge in [0.25, 0.3) is 11.8 Å². The number of anilines is 2. The lowest BCUT2D eigenvalue weighted by atomic mass is 9.83. The third kappa shape index (κ3) is 4.71. The van der Waals surface area contributed by atoms with Crippen molar-refractivity contribution in [1.82, 2.24) is 0 Å². The van der Waals surface area contributed by atoms with Gasteiger partial charge in [0.15, 0.2) is 5.60 Å². The van der Waals surface area contributed by atoms with Crippen molar-refractivity contribution in [3.8, 4) is 0 Å². The first-order valence-electron chi connectivity index (χ1n) is 10.4. The minimum atomic E-state index is -1.78. The van der Waals surface area contributed by atoms with E-state index in [0.717, 1.165) is 5.56 Å². The molecule has 2 aromatic carbocycles. The molecule has 2 aromatic rings. The summed E-state index contributed by atoms with van der Waals surface area (Å²) in [5.41, 5.74) is 0.561. The highest BCUT2D eigenvalue weighted by molar-refractivity contribution is 6.31. The molecule has 0 unspecified atom stereocenters. The predicted octanol–water partition coefficient (Wildman–Crippen LogP) is 2.97. The molecule has 4 N–H and O–H groups in total. The van der Waals surface area contributed by atoms with Gasteiger partial charge in [-0.25, -0.2) is 0 Å². The third-order valence-electron chi connectivity index (χ3n) is 5.55. The highest BCUT2D eigenvalue weighted by Crippen LogP contribution is 2.46. The van der Waals surface area contributed by atoms with Crippen LogP contribution in [0.3, 0.4) is 0 Å². The maximum atomic E-state index is 13.4. The second-order valence-electron chi connectivity index (χ2n) is 7.91. The van der Waals surface area contributed by atoms with Crippen molar-refractivity contribution in [2.75, 3.05) is 16.8 Å². The van der Waals surface area contributed by atoms with Crippen LogP contribution in [0.1, 0.15) is 31.4 Å². The van der Waals surface area contributed by atoms with Crippen molar-refractivity contribution in [2.45, 2.75) is 38.5 Å². The van der Waals surface area contributed by atoms with Crippen molar-refractivity contribution in [1.29, 1.82) is 0 Å². The number of nitrogens with zero attached hydrogens (tertiary/aromatic N) is 1. The largest absolute Gasteiger partial charge is 0.396 e. The fraction of sp³-hybridized carbons (Fsp3) is 0.333. The van der Waals surface area contributed by atoms with E-state index in [0.29, 0.717) is 28.4 Å². The van der Waals surface area contributed by atoms with Gasteiger partial charge in [0.2, 0.25) is 0 Å². The zero-order valence-corrected chi connectivity index (χ0v) is 18.7. The van der Waals surface area contributed by atoms with E-state index in [2.05, 4.69) is 5.32 Å². The van der Waals surface area contributed by atoms with E-state index in [9.17, 15) is 19.8 Å². The number of nitrogens with one attached hydrogen (secondary N) is 1. The molecule has 3 rings (SSSR count). The van der Waals surface area contributed by atoms with E-state index in [1.165, 1.54) is 11.8 Å². The van der Waals surface area contributed by atoms with Crippen LogP contribution in [0.4, 0.5) is 11.4 Å². The highest BCUT2D eigenvalue weighted by Gasteiger charge is 2.52. The van der Waals surface area contributed by atoms with Gasteiger partial charge in [-0.2, -0.15) is 0 Å². The Morgan fingerprint density at radius 3 is 2.53 bits per heavy atom. The minimum Gasteiger partial charge on any atom is -0.396 e. The van der Waals surface area contributed by atoms with Crippen molar-refractivity contribution < 1.29 is 24.9 Å². The Morgan fingerprint density at radius 2 is 1.91 bits per heavy atom. The average Bonchev–Trinajstić information content (AvgIpc) is 2.97. The number of amides is 2. The summed E-state index contributed by atoms with van der Waals surface area (Å²) in [4.78, 5) is 26.6. The summed E-state index contributed by atoms with van der Waals surface area (Å²) < 4.78 is 0. The first-order chi connectivity index (χ1) is 15.2. The summed E-state index contributed by atoms with van der Waals surface area (Å²) >= 11 is 6.17. The zero-order chi connectivity index (χ0) is 23.5. The summed E-state index contributed by atoms with van der Waals surface area (Å²) in [6.45, 7) is 3.33. The second kappa shape index (κ2) is 9.83. The van der Waals surface area contributed by atoms with Crippen LogP contribution in [0, 0.1) is 5.92 Å². The monoisotopic (exact) mass is 458 g/mol. The quantitative estimate of drug-likeness (QED) is 0.454. The molecule has 1 aliphatic rings. The smallest absolute Gasteiger partial charge is 0.264 e. The van der Waals surface area contributed by atoms with E-state index in [1.54, 1.807) is 61.5 Å². The molecule has 3 atom stereocenters. The number of hydrogen-bond acceptors (Lipinski definition) is 5. The van der Waals surface area contributed by atoms with Crippen molar-refractivity contribution in [3.05, 3.63) is 70.8 Å². The Hall–Kier alpha value is -2.71. The van der Waals surface area contributed by atoms with Gasteiger partial charge in [0.05, 0.1) is 12.2 Å². The van der Waals surface area contributed by atoms with Crippen LogP contribution in [0.2, 0.25) is 5.02 Å². The van der Waals surface area contributed by atoms with E-state index in [-0.39, 0.29) is 13.2 Å². The standard InChI is InChI=1S/C24H27ClN2O5/c1-15(5-3-4-12-28)24(32)20-13-18(25)8-11-21(20)27(23(24)31)14-17-6-9-19(10-7-17)26-22(30)16(2)29/h3,5-11,13,15-16,28-29,32H,4,12,14H2,1-2H3,(H,26,30)/b5-3+/t15-,16-,24+/m0/s1. The Morgan fingerprint density at radius 1 is 1.22 bits per heavy atom. The van der Waals surface area contributed by atoms with Crippen LogP contribution in [-0.4, -0.2) is 39.8 Å². The number of rotatable bonds is 8. The molecule has 2 amide bonds. The van der Waals surface area contributed by atoms with Crippen LogP contribution in [-0.2, 0) is 21.7 Å². The number of benzene rings is 2. The molecule has 0 spiro atoms. The lowest BCUT2D eigenvalue weighted by Crippen LogP contribution is -2.44. The van der Waals surface area contributed by atoms with Gasteiger partial charge in [-0.05, 0) is 49.2 Å². The van der Waals surface area contributed by atoms with Gasteiger partial charge in [0, 0.05) is 28.8 Å². The Labute approximate surface area is 191 Å². The van der Waals surface area contributed by atoms with Gasteiger partial charge in [-0.1, -0.05) is 42.8 Å². The number of aliphatic hydroxyl groups is 3. The average molecular weight is 459 g/mol. The lowest BCUT2D eigenvalue weighted by molar-refractivity contribution is -0.139. The number of fused-ring (bicyclic) bond motifs is 1. The first-order valence-corrected chi connectivity index (χ1v) is 10.8. The van der Waals surface area contributed by atoms with Crippen LogP contribution < -0.4 is 10.2 Å². The van der Waals surface area contributed by atoms with Gasteiger partial charge in [0.1, 0.15) is 6.10 Å². The van der Waals surface area contributed by atoms with E-state index < -0.39 is 29.4 Å². The minimum absolute atomic E-state index is 0.0161. The Kier molecular flexibility index (Phi) is 7.36. The predicted molar refractivity (Wildman–Crippen MR) is 123 cm³/mol. The lowest BCUT2D eigenvalue weighted by Gasteiger charge is -2.27. The van der Waals surface area contributed by atoms with Crippen molar-refractivity contribution in [2.24, 2.45) is 5.92 Å². The summed E-state index contributed by atoms with van der Waals surface area (Å²) in [5, 5.41) is 32.9. The molecule has 0 aliphatic carbocycles. The Bertz CT molecular complexity index is 1020. The maximum Gasteiger partial charge on any atom is 0.264 e. The molecule has 0 fully saturated rings. The third-order valence-corrected chi connectivity index (χ3v) is 5.79. The number of carbonyl (C=O) groups is 2. The zero-order valence-electron chi connectivity index (χ0n) is 18.0. The molecular weight excluding hydrogens is 432 g/mol. The maximum absolute atomic E-state index is 13.4. The molecule has 0 saturated heterocycles. The Balaban J connectivity index is 1.88. The summed E-state index contributed by atoms with van der Waals surface area (Å²) in [6, 6.07) is 11.9. The van der Waals surface area contributed by atoms with Gasteiger partial charge >= 0.3 is 0 Å². The van der Waals surface area contributed by atoms with E-state index >= 15 is 0 Å². The number of aliphatic hydroxyl groups excluding tert-OH is 2. The van der Waals surface area contributed by atoms with Crippen molar-refractivity contribution >= 4 is 34.8 Å². The molecule has 0 radical (unpaired) electrons. The highest BCUT2D eigenvalue weighted by atomic mass is 35.5. The van der Waals surface area contributed by atoms with Gasteiger partial charge < -0.3 is 25.5 Å². The topological polar surface area (TPSA) is 110 Å². The van der Waals surface area contributed by atoms with Gasteiger partial charge in [-0.15, -0.1) is 0 Å². The fourth-order valence-electron chi connectivity index (χ4n) is 3.71. The molecule has 0 bridgehead atoms. The fourth-order valence-corrected chi connectivity index (χ4v) is 3.89. The number of carbonyl (C=O) groups excluding carboxylic acids is 2. The summed E-state index contributed by atoms with van der Waals surface area (Å²) in [7, 11) is 0. The normalized spacial score (nSPS) is 19.8. The molecule has 7 nitrogen and oxygen atoms in total. The second-order valence-corrected chi connectivity index (χ2v) is 8.35. The van der Waals surface area contributed by atoms with E-state index in [1.807, 2.05) is 0 Å². The van der Waals surface area contributed by atoms with Crippen LogP contribution in [0.5, 0.6) is 0 Å². The van der Waals surface area contributed by atoms with Crippen LogP contribution >= 0.6 is 11.6 Å². The van der Waals surface area contributed by atoms with Crippen molar-refractivity contribution in [3.63, 3.8) is 0 Å². The molecule has 1 aliphatic heterocycles. The molecule has 8 heteroatoms. The van der Waals surface area contributed by atoms with Crippen LogP contribution in [0.25, 0.3) is 0 Å². The molecular formula is C24H27ClN2O5. The van der Waals surface area contributed by atoms with E-state index in [4.69, 9.17) is 16.7 Å². The number of hydrogen-bond donors (Lipinski definition) is 4.